The van der Waals surface area contributed by atoms with Gasteiger partial charge in [-0.3, -0.25) is 4.79 Å². The maximum atomic E-state index is 11.6. The van der Waals surface area contributed by atoms with Crippen molar-refractivity contribution in [2.45, 2.75) is 12.5 Å². The van der Waals surface area contributed by atoms with E-state index in [9.17, 15) is 9.59 Å². The molecule has 0 aliphatic rings. The van der Waals surface area contributed by atoms with Gasteiger partial charge in [0.25, 0.3) is 0 Å². The fraction of sp³-hybridized carbons (Fsp3) is 0.417. The topological polar surface area (TPSA) is 97.8 Å². The molecule has 0 bridgehead atoms. The monoisotopic (exact) mass is 268 g/mol. The molecule has 2 N–H and O–H groups in total. The molecule has 0 spiro atoms. The van der Waals surface area contributed by atoms with Gasteiger partial charge in [0, 0.05) is 18.2 Å². The van der Waals surface area contributed by atoms with Crippen molar-refractivity contribution in [2.75, 3.05) is 20.8 Å². The molecule has 0 unspecified atom stereocenters. The van der Waals surface area contributed by atoms with E-state index >= 15 is 0 Å². The summed E-state index contributed by atoms with van der Waals surface area (Å²) < 4.78 is 9.67. The minimum atomic E-state index is -0.900. The van der Waals surface area contributed by atoms with Crippen molar-refractivity contribution in [1.82, 2.24) is 10.3 Å². The van der Waals surface area contributed by atoms with Crippen LogP contribution in [0.4, 0.5) is 0 Å². The first-order valence-corrected chi connectivity index (χ1v) is 5.58. The van der Waals surface area contributed by atoms with Crippen molar-refractivity contribution in [3.8, 4) is 5.88 Å². The van der Waals surface area contributed by atoms with Gasteiger partial charge in [0.1, 0.15) is 12.6 Å². The Bertz CT molecular complexity index is 450. The second kappa shape index (κ2) is 7.32. The molecule has 0 radical (unpaired) electrons. The normalized spacial score (nSPS) is 11.5. The van der Waals surface area contributed by atoms with Crippen LogP contribution < -0.4 is 10.1 Å². The van der Waals surface area contributed by atoms with Crippen LogP contribution in [0.5, 0.6) is 5.88 Å². The van der Waals surface area contributed by atoms with E-state index in [0.717, 1.165) is 0 Å². The van der Waals surface area contributed by atoms with E-state index in [-0.39, 0.29) is 6.42 Å². The van der Waals surface area contributed by atoms with Gasteiger partial charge in [-0.2, -0.15) is 0 Å². The van der Waals surface area contributed by atoms with Crippen LogP contribution in [0.2, 0.25) is 0 Å². The molecule has 1 amide bonds. The standard InChI is InChI=1S/C12H16N2O5/c1-18-11-8(4-3-5-13-11)6-9(12(17)19-2)14-10(16)7-15/h3-5,9,15H,6-7H2,1-2H3,(H,14,16)/t9-/m0/s1. The van der Waals surface area contributed by atoms with Crippen LogP contribution >= 0.6 is 0 Å². The molecule has 104 valence electrons. The third-order valence-electron chi connectivity index (χ3n) is 2.43. The van der Waals surface area contributed by atoms with Gasteiger partial charge in [0.15, 0.2) is 0 Å². The number of carbonyl (C=O) groups excluding carboxylic acids is 2. The number of carbonyl (C=O) groups is 2. The van der Waals surface area contributed by atoms with Gasteiger partial charge in [0.2, 0.25) is 11.8 Å². The maximum Gasteiger partial charge on any atom is 0.328 e. The number of esters is 1. The van der Waals surface area contributed by atoms with E-state index in [4.69, 9.17) is 9.84 Å². The highest BCUT2D eigenvalue weighted by atomic mass is 16.5. The predicted molar refractivity (Wildman–Crippen MR) is 65.5 cm³/mol. The summed E-state index contributed by atoms with van der Waals surface area (Å²) in [5, 5.41) is 11.1. The number of methoxy groups -OCH3 is 2. The molecule has 0 saturated carbocycles. The molecule has 19 heavy (non-hydrogen) atoms. The van der Waals surface area contributed by atoms with E-state index in [2.05, 4.69) is 15.0 Å². The third-order valence-corrected chi connectivity index (χ3v) is 2.43. The van der Waals surface area contributed by atoms with Crippen molar-refractivity contribution in [3.05, 3.63) is 23.9 Å². The zero-order valence-electron chi connectivity index (χ0n) is 10.8. The number of rotatable bonds is 6. The highest BCUT2D eigenvalue weighted by Gasteiger charge is 2.23. The van der Waals surface area contributed by atoms with Crippen LogP contribution in [0.15, 0.2) is 18.3 Å². The van der Waals surface area contributed by atoms with E-state index in [1.54, 1.807) is 18.3 Å². The van der Waals surface area contributed by atoms with Crippen molar-refractivity contribution >= 4 is 11.9 Å². The molecule has 0 aliphatic heterocycles. The van der Waals surface area contributed by atoms with Gasteiger partial charge in [0.05, 0.1) is 14.2 Å². The first kappa shape index (κ1) is 14.9. The summed E-state index contributed by atoms with van der Waals surface area (Å²) >= 11 is 0. The Balaban J connectivity index is 2.87. The summed E-state index contributed by atoms with van der Waals surface area (Å²) in [6, 6.07) is 2.52. The number of aromatic nitrogens is 1. The number of ether oxygens (including phenoxy) is 2. The lowest BCUT2D eigenvalue weighted by molar-refractivity contribution is -0.145. The molecule has 1 aromatic heterocycles. The first-order chi connectivity index (χ1) is 9.12. The van der Waals surface area contributed by atoms with Crippen molar-refractivity contribution in [1.29, 1.82) is 0 Å². The van der Waals surface area contributed by atoms with Crippen molar-refractivity contribution < 1.29 is 24.2 Å². The molecule has 7 nitrogen and oxygen atoms in total. The fourth-order valence-corrected chi connectivity index (χ4v) is 1.56. The summed E-state index contributed by atoms with van der Waals surface area (Å²) in [7, 11) is 2.69. The van der Waals surface area contributed by atoms with Gasteiger partial charge < -0.3 is 19.9 Å². The van der Waals surface area contributed by atoms with Gasteiger partial charge in [-0.15, -0.1) is 0 Å². The SMILES string of the molecule is COC(=O)[C@H](Cc1cccnc1OC)NC(=O)CO. The second-order valence-corrected chi connectivity index (χ2v) is 3.68. The number of nitrogens with one attached hydrogen (secondary N) is 1. The summed E-state index contributed by atoms with van der Waals surface area (Å²) in [6.45, 7) is -0.697. The van der Waals surface area contributed by atoms with Gasteiger partial charge >= 0.3 is 5.97 Å². The zero-order valence-corrected chi connectivity index (χ0v) is 10.8. The number of hydrogen-bond acceptors (Lipinski definition) is 6. The van der Waals surface area contributed by atoms with Crippen LogP contribution in [-0.2, 0) is 20.7 Å². The summed E-state index contributed by atoms with van der Waals surface area (Å²) in [5.41, 5.74) is 0.652. The van der Waals surface area contributed by atoms with Crippen LogP contribution in [0, 0.1) is 0 Å². The molecule has 1 rings (SSSR count). The summed E-state index contributed by atoms with van der Waals surface area (Å²) in [6.07, 6.45) is 1.72. The Morgan fingerprint density at radius 2 is 2.21 bits per heavy atom. The number of nitrogens with zero attached hydrogens (tertiary/aromatic N) is 1. The lowest BCUT2D eigenvalue weighted by Crippen LogP contribution is -2.44. The lowest BCUT2D eigenvalue weighted by atomic mass is 10.1. The second-order valence-electron chi connectivity index (χ2n) is 3.68. The molecule has 0 aromatic carbocycles. The third kappa shape index (κ3) is 4.22. The van der Waals surface area contributed by atoms with Crippen molar-refractivity contribution in [3.63, 3.8) is 0 Å². The van der Waals surface area contributed by atoms with Gasteiger partial charge in [-0.1, -0.05) is 6.07 Å². The van der Waals surface area contributed by atoms with Crippen molar-refractivity contribution in [2.24, 2.45) is 0 Å². The average Bonchev–Trinajstić information content (AvgIpc) is 2.45. The fourth-order valence-electron chi connectivity index (χ4n) is 1.56. The lowest BCUT2D eigenvalue weighted by Gasteiger charge is -2.16. The van der Waals surface area contributed by atoms with Crippen LogP contribution in [0.3, 0.4) is 0 Å². The quantitative estimate of drug-likeness (QED) is 0.661. The molecular weight excluding hydrogens is 252 g/mol. The number of aliphatic hydroxyl groups is 1. The van der Waals surface area contributed by atoms with Crippen LogP contribution in [-0.4, -0.2) is 48.8 Å². The Morgan fingerprint density at radius 3 is 2.79 bits per heavy atom. The summed E-state index contributed by atoms with van der Waals surface area (Å²) in [4.78, 5) is 26.8. The number of pyridine rings is 1. The van der Waals surface area contributed by atoms with Crippen LogP contribution in [0.25, 0.3) is 0 Å². The molecule has 0 saturated heterocycles. The molecule has 1 heterocycles. The van der Waals surface area contributed by atoms with E-state index in [1.807, 2.05) is 0 Å². The van der Waals surface area contributed by atoms with E-state index in [1.165, 1.54) is 14.2 Å². The Labute approximate surface area is 110 Å². The highest BCUT2D eigenvalue weighted by Crippen LogP contribution is 2.16. The zero-order chi connectivity index (χ0) is 14.3. The smallest absolute Gasteiger partial charge is 0.328 e. The Kier molecular flexibility index (Phi) is 5.74. The van der Waals surface area contributed by atoms with E-state index < -0.39 is 24.5 Å². The molecule has 7 heteroatoms. The Hall–Kier alpha value is -2.15. The van der Waals surface area contributed by atoms with Gasteiger partial charge in [-0.05, 0) is 6.07 Å². The predicted octanol–water partition coefficient (Wildman–Crippen LogP) is -0.717. The maximum absolute atomic E-state index is 11.6. The minimum Gasteiger partial charge on any atom is -0.481 e. The average molecular weight is 268 g/mol. The highest BCUT2D eigenvalue weighted by molar-refractivity contribution is 5.85. The molecule has 0 fully saturated rings. The first-order valence-electron chi connectivity index (χ1n) is 5.58. The summed E-state index contributed by atoms with van der Waals surface area (Å²) in [5.74, 6) is -0.888. The molecule has 1 aromatic rings. The molecule has 0 aliphatic carbocycles. The number of hydrogen-bond donors (Lipinski definition) is 2. The number of aliphatic hydroxyl groups excluding tert-OH is 1. The number of amides is 1. The molecule has 1 atom stereocenters. The molecular formula is C12H16N2O5. The van der Waals surface area contributed by atoms with Crippen LogP contribution in [0.1, 0.15) is 5.56 Å². The van der Waals surface area contributed by atoms with Gasteiger partial charge in [-0.25, -0.2) is 9.78 Å². The largest absolute Gasteiger partial charge is 0.481 e. The Morgan fingerprint density at radius 1 is 1.47 bits per heavy atom. The van der Waals surface area contributed by atoms with E-state index in [0.29, 0.717) is 11.4 Å². The minimum absolute atomic E-state index is 0.162.